The van der Waals surface area contributed by atoms with Crippen molar-refractivity contribution in [1.29, 1.82) is 0 Å². The first-order chi connectivity index (χ1) is 11.6. The zero-order valence-electron chi connectivity index (χ0n) is 12.9. The number of carboxylic acids is 1. The van der Waals surface area contributed by atoms with E-state index < -0.39 is 5.97 Å². The molecule has 1 N–H and O–H groups in total. The van der Waals surface area contributed by atoms with Crippen molar-refractivity contribution in [2.45, 2.75) is 16.7 Å². The van der Waals surface area contributed by atoms with Crippen molar-refractivity contribution in [3.8, 4) is 21.6 Å². The Hall–Kier alpha value is -2.30. The normalized spacial score (nSPS) is 12.8. The molecule has 0 atom stereocenters. The molecule has 2 aromatic carbocycles. The summed E-state index contributed by atoms with van der Waals surface area (Å²) in [5.41, 5.74) is 3.95. The molecular formula is C20H14O2S2. The van der Waals surface area contributed by atoms with Gasteiger partial charge >= 0.3 is 5.97 Å². The lowest BCUT2D eigenvalue weighted by Gasteiger charge is -2.05. The van der Waals surface area contributed by atoms with Crippen LogP contribution >= 0.6 is 23.1 Å². The fraction of sp³-hybridized carbons (Fsp3) is 0.0500. The first-order valence-corrected chi connectivity index (χ1v) is 9.19. The Kier molecular flexibility index (Phi) is 3.79. The van der Waals surface area contributed by atoms with Crippen LogP contribution in [0.25, 0.3) is 27.6 Å². The highest BCUT2D eigenvalue weighted by molar-refractivity contribution is 7.99. The number of benzene rings is 2. The van der Waals surface area contributed by atoms with Gasteiger partial charge in [-0.2, -0.15) is 0 Å². The SMILES string of the molecule is CC(=Cc1cc2c(s1)-c1ccccc1Sc1ccccc1-2)C(=O)O. The second-order valence-corrected chi connectivity index (χ2v) is 7.79. The maximum Gasteiger partial charge on any atom is 0.331 e. The second kappa shape index (κ2) is 5.96. The van der Waals surface area contributed by atoms with Gasteiger partial charge in [-0.3, -0.25) is 0 Å². The Bertz CT molecular complexity index is 920. The Morgan fingerprint density at radius 1 is 0.958 bits per heavy atom. The van der Waals surface area contributed by atoms with Crippen molar-refractivity contribution in [1.82, 2.24) is 0 Å². The average molecular weight is 350 g/mol. The number of thiophene rings is 1. The van der Waals surface area contributed by atoms with E-state index >= 15 is 0 Å². The van der Waals surface area contributed by atoms with Crippen LogP contribution in [0.15, 0.2) is 70.0 Å². The second-order valence-electron chi connectivity index (χ2n) is 5.62. The number of hydrogen-bond acceptors (Lipinski definition) is 3. The van der Waals surface area contributed by atoms with Crippen LogP contribution in [0, 0.1) is 0 Å². The van der Waals surface area contributed by atoms with Crippen molar-refractivity contribution in [3.05, 3.63) is 65.0 Å². The molecule has 0 spiro atoms. The smallest absolute Gasteiger partial charge is 0.331 e. The van der Waals surface area contributed by atoms with Crippen molar-refractivity contribution in [3.63, 3.8) is 0 Å². The molecule has 1 aliphatic heterocycles. The minimum absolute atomic E-state index is 0.349. The van der Waals surface area contributed by atoms with Crippen LogP contribution in [0.4, 0.5) is 0 Å². The van der Waals surface area contributed by atoms with Crippen molar-refractivity contribution < 1.29 is 9.90 Å². The van der Waals surface area contributed by atoms with E-state index in [-0.39, 0.29) is 0 Å². The van der Waals surface area contributed by atoms with Crippen LogP contribution < -0.4 is 0 Å². The van der Waals surface area contributed by atoms with Crippen LogP contribution in [-0.2, 0) is 4.79 Å². The zero-order valence-corrected chi connectivity index (χ0v) is 14.6. The maximum absolute atomic E-state index is 11.1. The van der Waals surface area contributed by atoms with Crippen LogP contribution in [0.2, 0.25) is 0 Å². The van der Waals surface area contributed by atoms with E-state index in [0.29, 0.717) is 5.57 Å². The Balaban J connectivity index is 1.98. The van der Waals surface area contributed by atoms with E-state index in [9.17, 15) is 4.79 Å². The van der Waals surface area contributed by atoms with Crippen LogP contribution in [0.3, 0.4) is 0 Å². The number of fused-ring (bicyclic) bond motifs is 5. The number of rotatable bonds is 2. The quantitative estimate of drug-likeness (QED) is 0.448. The van der Waals surface area contributed by atoms with Crippen LogP contribution in [0.5, 0.6) is 0 Å². The fourth-order valence-electron chi connectivity index (χ4n) is 2.80. The lowest BCUT2D eigenvalue weighted by atomic mass is 10.0. The van der Waals surface area contributed by atoms with Gasteiger partial charge in [-0.25, -0.2) is 4.79 Å². The summed E-state index contributed by atoms with van der Waals surface area (Å²) in [5.74, 6) is -0.880. The van der Waals surface area contributed by atoms with Crippen LogP contribution in [-0.4, -0.2) is 11.1 Å². The van der Waals surface area contributed by atoms with Crippen molar-refractivity contribution >= 4 is 35.1 Å². The first kappa shape index (κ1) is 15.2. The monoisotopic (exact) mass is 350 g/mol. The number of hydrogen-bond donors (Lipinski definition) is 1. The molecule has 0 unspecified atom stereocenters. The summed E-state index contributed by atoms with van der Waals surface area (Å²) < 4.78 is 0. The molecule has 1 aliphatic rings. The highest BCUT2D eigenvalue weighted by Crippen LogP contribution is 2.51. The highest BCUT2D eigenvalue weighted by Gasteiger charge is 2.21. The number of carbonyl (C=O) groups is 1. The molecule has 4 rings (SSSR count). The predicted molar refractivity (Wildman–Crippen MR) is 101 cm³/mol. The van der Waals surface area contributed by atoms with Gasteiger partial charge in [0.25, 0.3) is 0 Å². The molecule has 0 saturated carbocycles. The lowest BCUT2D eigenvalue weighted by Crippen LogP contribution is -1.94. The van der Waals surface area contributed by atoms with E-state index in [2.05, 4.69) is 54.6 Å². The lowest BCUT2D eigenvalue weighted by molar-refractivity contribution is -0.132. The van der Waals surface area contributed by atoms with Gasteiger partial charge < -0.3 is 5.11 Å². The molecule has 3 aromatic rings. The largest absolute Gasteiger partial charge is 0.478 e. The molecule has 0 bridgehead atoms. The van der Waals surface area contributed by atoms with Crippen LogP contribution in [0.1, 0.15) is 11.8 Å². The molecule has 2 heterocycles. The maximum atomic E-state index is 11.1. The van der Waals surface area contributed by atoms with Gasteiger partial charge in [0, 0.05) is 36.2 Å². The molecule has 0 radical (unpaired) electrons. The summed E-state index contributed by atoms with van der Waals surface area (Å²) >= 11 is 3.43. The first-order valence-electron chi connectivity index (χ1n) is 7.55. The van der Waals surface area contributed by atoms with E-state index in [4.69, 9.17) is 5.11 Å². The Morgan fingerprint density at radius 2 is 1.58 bits per heavy atom. The molecule has 4 heteroatoms. The van der Waals surface area contributed by atoms with Gasteiger partial charge in [0.2, 0.25) is 0 Å². The van der Waals surface area contributed by atoms with Gasteiger partial charge in [-0.05, 0) is 36.8 Å². The number of carboxylic acid groups (broad SMARTS) is 1. The summed E-state index contributed by atoms with van der Waals surface area (Å²) in [7, 11) is 0. The third-order valence-electron chi connectivity index (χ3n) is 3.98. The minimum atomic E-state index is -0.880. The molecule has 0 saturated heterocycles. The molecule has 0 fully saturated rings. The molecule has 24 heavy (non-hydrogen) atoms. The van der Waals surface area contributed by atoms with Gasteiger partial charge in [0.1, 0.15) is 0 Å². The minimum Gasteiger partial charge on any atom is -0.478 e. The Labute approximate surface area is 148 Å². The average Bonchev–Trinajstić information content (AvgIpc) is 2.94. The highest BCUT2D eigenvalue weighted by atomic mass is 32.2. The van der Waals surface area contributed by atoms with Gasteiger partial charge in [0.15, 0.2) is 0 Å². The molecule has 0 aliphatic carbocycles. The molecule has 0 amide bonds. The third kappa shape index (κ3) is 2.58. The van der Waals surface area contributed by atoms with Crippen molar-refractivity contribution in [2.75, 3.05) is 0 Å². The summed E-state index contributed by atoms with van der Waals surface area (Å²) in [6, 6.07) is 18.9. The molecular weight excluding hydrogens is 336 g/mol. The predicted octanol–water partition coefficient (Wildman–Crippen LogP) is 6.03. The molecule has 118 valence electrons. The summed E-state index contributed by atoms with van der Waals surface area (Å²) in [6.45, 7) is 1.63. The Morgan fingerprint density at radius 3 is 2.29 bits per heavy atom. The topological polar surface area (TPSA) is 37.3 Å². The zero-order chi connectivity index (χ0) is 16.7. The van der Waals surface area contributed by atoms with Crippen molar-refractivity contribution in [2.24, 2.45) is 0 Å². The van der Waals surface area contributed by atoms with E-state index in [1.165, 1.54) is 31.4 Å². The number of aliphatic carboxylic acids is 1. The molecule has 2 nitrogen and oxygen atoms in total. The fourth-order valence-corrected chi connectivity index (χ4v) is 5.17. The van der Waals surface area contributed by atoms with E-state index in [0.717, 1.165) is 4.88 Å². The van der Waals surface area contributed by atoms with Gasteiger partial charge in [0.05, 0.1) is 0 Å². The summed E-state index contributed by atoms with van der Waals surface area (Å²) in [4.78, 5) is 15.8. The van der Waals surface area contributed by atoms with Gasteiger partial charge in [-0.15, -0.1) is 11.3 Å². The summed E-state index contributed by atoms with van der Waals surface area (Å²) in [6.07, 6.45) is 1.75. The van der Waals surface area contributed by atoms with E-state index in [1.807, 2.05) is 0 Å². The van der Waals surface area contributed by atoms with E-state index in [1.54, 1.807) is 36.1 Å². The third-order valence-corrected chi connectivity index (χ3v) is 6.24. The molecule has 1 aromatic heterocycles. The summed E-state index contributed by atoms with van der Waals surface area (Å²) in [5, 5.41) is 9.14. The standard InChI is InChI=1S/C20H14O2S2/c1-12(20(21)22)10-13-11-16-14-6-2-4-8-17(14)24-18-9-5-3-7-15(18)19(16)23-13/h2-11H,1H3,(H,21,22). The van der Waals surface area contributed by atoms with Gasteiger partial charge in [-0.1, -0.05) is 48.2 Å².